The van der Waals surface area contributed by atoms with Crippen molar-refractivity contribution < 1.29 is 0 Å². The predicted molar refractivity (Wildman–Crippen MR) is 75.1 cm³/mol. The van der Waals surface area contributed by atoms with Gasteiger partial charge < -0.3 is 5.73 Å². The molecular formula is C11H13BrN2S2. The molecule has 16 heavy (non-hydrogen) atoms. The molecule has 2 aromatic heterocycles. The molecule has 0 spiro atoms. The molecule has 0 saturated carbocycles. The highest BCUT2D eigenvalue weighted by molar-refractivity contribution is 9.10. The van der Waals surface area contributed by atoms with Crippen molar-refractivity contribution in [2.24, 2.45) is 5.73 Å². The van der Waals surface area contributed by atoms with Gasteiger partial charge in [-0.1, -0.05) is 6.92 Å². The molecule has 5 heteroatoms. The molecule has 1 atom stereocenters. The van der Waals surface area contributed by atoms with Crippen LogP contribution in [0, 0.1) is 0 Å². The molecule has 0 bridgehead atoms. The van der Waals surface area contributed by atoms with Gasteiger partial charge in [-0.25, -0.2) is 4.98 Å². The van der Waals surface area contributed by atoms with E-state index in [0.29, 0.717) is 0 Å². The van der Waals surface area contributed by atoms with Gasteiger partial charge >= 0.3 is 0 Å². The summed E-state index contributed by atoms with van der Waals surface area (Å²) < 4.78 is 1.12. The Labute approximate surface area is 112 Å². The minimum atomic E-state index is 0.231. The lowest BCUT2D eigenvalue weighted by atomic mass is 10.2. The Morgan fingerprint density at radius 2 is 2.25 bits per heavy atom. The van der Waals surface area contributed by atoms with Gasteiger partial charge in [-0.15, -0.1) is 22.7 Å². The fourth-order valence-corrected chi connectivity index (χ4v) is 3.69. The summed E-state index contributed by atoms with van der Waals surface area (Å²) >= 11 is 6.86. The molecular weight excluding hydrogens is 304 g/mol. The fourth-order valence-electron chi connectivity index (χ4n) is 1.33. The predicted octanol–water partition coefficient (Wildman–Crippen LogP) is 3.91. The second kappa shape index (κ2) is 5.40. The van der Waals surface area contributed by atoms with E-state index >= 15 is 0 Å². The minimum Gasteiger partial charge on any atom is -0.327 e. The fraction of sp³-hybridized carbons (Fsp3) is 0.364. The summed E-state index contributed by atoms with van der Waals surface area (Å²) in [5, 5.41) is 5.32. The van der Waals surface area contributed by atoms with Crippen LogP contribution in [0.5, 0.6) is 0 Å². The second-order valence-electron chi connectivity index (χ2n) is 3.63. The topological polar surface area (TPSA) is 38.9 Å². The molecule has 0 aliphatic rings. The summed E-state index contributed by atoms with van der Waals surface area (Å²) in [6.45, 7) is 2.11. The molecule has 2 nitrogen and oxygen atoms in total. The van der Waals surface area contributed by atoms with Crippen LogP contribution in [0.4, 0.5) is 0 Å². The molecule has 2 rings (SSSR count). The van der Waals surface area contributed by atoms with E-state index in [1.54, 1.807) is 22.7 Å². The van der Waals surface area contributed by atoms with Crippen LogP contribution in [0.3, 0.4) is 0 Å². The Kier molecular flexibility index (Phi) is 4.13. The molecule has 0 fully saturated rings. The molecule has 0 radical (unpaired) electrons. The normalized spacial score (nSPS) is 12.9. The van der Waals surface area contributed by atoms with E-state index in [4.69, 9.17) is 5.73 Å². The highest BCUT2D eigenvalue weighted by Crippen LogP contribution is 2.30. The van der Waals surface area contributed by atoms with Gasteiger partial charge in [0.05, 0.1) is 15.6 Å². The molecule has 0 aliphatic carbocycles. The first-order valence-corrected chi connectivity index (χ1v) is 7.68. The van der Waals surface area contributed by atoms with Crippen LogP contribution in [-0.4, -0.2) is 11.0 Å². The van der Waals surface area contributed by atoms with E-state index in [-0.39, 0.29) is 6.04 Å². The first kappa shape index (κ1) is 12.2. The molecule has 0 saturated heterocycles. The van der Waals surface area contributed by atoms with Crippen LogP contribution in [0.2, 0.25) is 0 Å². The number of rotatable bonds is 4. The number of halogens is 1. The third-order valence-electron chi connectivity index (χ3n) is 2.33. The number of nitrogens with two attached hydrogens (primary N) is 1. The Morgan fingerprint density at radius 1 is 1.44 bits per heavy atom. The Balaban J connectivity index is 2.13. The van der Waals surface area contributed by atoms with Crippen molar-refractivity contribution >= 4 is 38.6 Å². The van der Waals surface area contributed by atoms with Crippen LogP contribution >= 0.6 is 38.6 Å². The van der Waals surface area contributed by atoms with E-state index in [2.05, 4.69) is 44.7 Å². The van der Waals surface area contributed by atoms with Crippen LogP contribution in [0.25, 0.3) is 10.6 Å². The molecule has 2 N–H and O–H groups in total. The molecule has 0 amide bonds. The van der Waals surface area contributed by atoms with Gasteiger partial charge in [0, 0.05) is 27.7 Å². The summed E-state index contributed by atoms with van der Waals surface area (Å²) in [7, 11) is 0. The van der Waals surface area contributed by atoms with Crippen LogP contribution in [0.15, 0.2) is 21.3 Å². The summed E-state index contributed by atoms with van der Waals surface area (Å²) in [6, 6.07) is 2.33. The summed E-state index contributed by atoms with van der Waals surface area (Å²) in [5.41, 5.74) is 6.99. The SMILES string of the molecule is CCC(N)Cc1nc(-c2cc(Br)cs2)cs1. The van der Waals surface area contributed by atoms with Gasteiger partial charge in [0.25, 0.3) is 0 Å². The van der Waals surface area contributed by atoms with Crippen molar-refractivity contribution in [3.63, 3.8) is 0 Å². The lowest BCUT2D eigenvalue weighted by Crippen LogP contribution is -2.21. The zero-order chi connectivity index (χ0) is 11.5. The maximum Gasteiger partial charge on any atom is 0.0948 e. The number of hydrogen-bond acceptors (Lipinski definition) is 4. The molecule has 0 aromatic carbocycles. The Hall–Kier alpha value is -0.230. The highest BCUT2D eigenvalue weighted by Gasteiger charge is 2.09. The van der Waals surface area contributed by atoms with E-state index in [1.165, 1.54) is 4.88 Å². The van der Waals surface area contributed by atoms with Crippen molar-refractivity contribution in [3.05, 3.63) is 26.3 Å². The van der Waals surface area contributed by atoms with Gasteiger partial charge in [-0.05, 0) is 28.4 Å². The molecule has 2 heterocycles. The largest absolute Gasteiger partial charge is 0.327 e. The molecule has 86 valence electrons. The number of aromatic nitrogens is 1. The summed E-state index contributed by atoms with van der Waals surface area (Å²) in [4.78, 5) is 5.82. The van der Waals surface area contributed by atoms with E-state index in [1.807, 2.05) is 0 Å². The standard InChI is InChI=1S/C11H13BrN2S2/c1-2-8(13)4-11-14-9(6-16-11)10-3-7(12)5-15-10/h3,5-6,8H,2,4,13H2,1H3. The van der Waals surface area contributed by atoms with Crippen molar-refractivity contribution in [1.82, 2.24) is 4.98 Å². The van der Waals surface area contributed by atoms with Gasteiger partial charge in [0.1, 0.15) is 0 Å². The highest BCUT2D eigenvalue weighted by atomic mass is 79.9. The summed E-state index contributed by atoms with van der Waals surface area (Å²) in [5.74, 6) is 0. The van der Waals surface area contributed by atoms with Gasteiger partial charge in [0.2, 0.25) is 0 Å². The van der Waals surface area contributed by atoms with Gasteiger partial charge in [-0.2, -0.15) is 0 Å². The third kappa shape index (κ3) is 2.91. The zero-order valence-electron chi connectivity index (χ0n) is 8.94. The first-order valence-electron chi connectivity index (χ1n) is 5.13. The van der Waals surface area contributed by atoms with Crippen molar-refractivity contribution in [1.29, 1.82) is 0 Å². The third-order valence-corrected chi connectivity index (χ3v) is 4.92. The van der Waals surface area contributed by atoms with Gasteiger partial charge in [-0.3, -0.25) is 0 Å². The lowest BCUT2D eigenvalue weighted by molar-refractivity contribution is 0.644. The van der Waals surface area contributed by atoms with E-state index < -0.39 is 0 Å². The van der Waals surface area contributed by atoms with Crippen LogP contribution < -0.4 is 5.73 Å². The molecule has 2 aromatic rings. The second-order valence-corrected chi connectivity index (χ2v) is 6.40. The summed E-state index contributed by atoms with van der Waals surface area (Å²) in [6.07, 6.45) is 1.88. The monoisotopic (exact) mass is 316 g/mol. The van der Waals surface area contributed by atoms with Crippen LogP contribution in [0.1, 0.15) is 18.4 Å². The van der Waals surface area contributed by atoms with Crippen LogP contribution in [-0.2, 0) is 6.42 Å². The Morgan fingerprint density at radius 3 is 2.88 bits per heavy atom. The van der Waals surface area contributed by atoms with Crippen molar-refractivity contribution in [2.75, 3.05) is 0 Å². The average molecular weight is 317 g/mol. The first-order chi connectivity index (χ1) is 7.69. The average Bonchev–Trinajstić information content (AvgIpc) is 2.87. The number of thiazole rings is 1. The molecule has 1 unspecified atom stereocenters. The quantitative estimate of drug-likeness (QED) is 0.928. The maximum absolute atomic E-state index is 5.92. The van der Waals surface area contributed by atoms with E-state index in [0.717, 1.165) is 28.0 Å². The number of thiophene rings is 1. The van der Waals surface area contributed by atoms with Crippen molar-refractivity contribution in [2.45, 2.75) is 25.8 Å². The lowest BCUT2D eigenvalue weighted by Gasteiger charge is -2.04. The maximum atomic E-state index is 5.92. The Bertz CT molecular complexity index is 464. The van der Waals surface area contributed by atoms with E-state index in [9.17, 15) is 0 Å². The van der Waals surface area contributed by atoms with Crippen molar-refractivity contribution in [3.8, 4) is 10.6 Å². The number of hydrogen-bond donors (Lipinski definition) is 1. The minimum absolute atomic E-state index is 0.231. The van der Waals surface area contributed by atoms with Gasteiger partial charge in [0.15, 0.2) is 0 Å². The zero-order valence-corrected chi connectivity index (χ0v) is 12.2. The molecule has 0 aliphatic heterocycles. The number of nitrogens with zero attached hydrogens (tertiary/aromatic N) is 1. The smallest absolute Gasteiger partial charge is 0.0948 e.